The Balaban J connectivity index is 1.65. The fourth-order valence-electron chi connectivity index (χ4n) is 3.31. The van der Waals surface area contributed by atoms with Crippen molar-refractivity contribution in [2.45, 2.75) is 13.1 Å². The lowest BCUT2D eigenvalue weighted by Crippen LogP contribution is -2.54. The van der Waals surface area contributed by atoms with E-state index >= 15 is 0 Å². The van der Waals surface area contributed by atoms with Crippen molar-refractivity contribution >= 4 is 46.7 Å². The predicted octanol–water partition coefficient (Wildman–Crippen LogP) is 5.00. The largest absolute Gasteiger partial charge is 0.457 e. The van der Waals surface area contributed by atoms with Crippen molar-refractivity contribution in [2.75, 3.05) is 4.90 Å². The van der Waals surface area contributed by atoms with Crippen molar-refractivity contribution in [1.29, 1.82) is 0 Å². The molecule has 2 aromatic carbocycles. The first kappa shape index (κ1) is 23.1. The second kappa shape index (κ2) is 8.71. The zero-order chi connectivity index (χ0) is 24.6. The number of amides is 2. The number of nitrogens with one attached hydrogen (secondary N) is 1. The van der Waals surface area contributed by atoms with Gasteiger partial charge < -0.3 is 4.42 Å². The minimum atomic E-state index is -4.62. The smallest absolute Gasteiger partial charge is 0.416 e. The van der Waals surface area contributed by atoms with Gasteiger partial charge in [-0.2, -0.15) is 13.2 Å². The summed E-state index contributed by atoms with van der Waals surface area (Å²) in [4.78, 5) is 37.7. The van der Waals surface area contributed by atoms with Crippen LogP contribution in [0, 0.1) is 0 Å². The van der Waals surface area contributed by atoms with Gasteiger partial charge in [0.2, 0.25) is 0 Å². The molecular formula is C24H15F3N2O4S. The topological polar surface area (TPSA) is 79.6 Å². The van der Waals surface area contributed by atoms with Gasteiger partial charge in [-0.1, -0.05) is 30.3 Å². The summed E-state index contributed by atoms with van der Waals surface area (Å²) in [5, 5.41) is 1.98. The normalized spacial score (nSPS) is 15.6. The van der Waals surface area contributed by atoms with E-state index in [-0.39, 0.29) is 27.9 Å². The van der Waals surface area contributed by atoms with Crippen LogP contribution in [-0.2, 0) is 15.8 Å². The number of anilines is 1. The quantitative estimate of drug-likeness (QED) is 0.244. The molecule has 6 nitrogen and oxygen atoms in total. The highest BCUT2D eigenvalue weighted by Crippen LogP contribution is 2.33. The van der Waals surface area contributed by atoms with E-state index in [2.05, 4.69) is 5.32 Å². The van der Waals surface area contributed by atoms with Crippen LogP contribution in [0.4, 0.5) is 18.9 Å². The molecule has 0 bridgehead atoms. The average molecular weight is 484 g/mol. The molecule has 0 aliphatic carbocycles. The maximum Gasteiger partial charge on any atom is 0.416 e. The summed E-state index contributed by atoms with van der Waals surface area (Å²) < 4.78 is 45.0. The number of thiocarbonyl (C=S) groups is 1. The van der Waals surface area contributed by atoms with Gasteiger partial charge >= 0.3 is 6.18 Å². The first-order valence-electron chi connectivity index (χ1n) is 9.84. The molecular weight excluding hydrogens is 469 g/mol. The Morgan fingerprint density at radius 3 is 2.41 bits per heavy atom. The fraction of sp³-hybridized carbons (Fsp3) is 0.0833. The number of rotatable bonds is 4. The Morgan fingerprint density at radius 2 is 1.76 bits per heavy atom. The predicted molar refractivity (Wildman–Crippen MR) is 122 cm³/mol. The van der Waals surface area contributed by atoms with Crippen LogP contribution in [0.15, 0.2) is 70.7 Å². The number of furan rings is 1. The van der Waals surface area contributed by atoms with Crippen LogP contribution in [0.25, 0.3) is 17.4 Å². The molecule has 0 radical (unpaired) electrons. The highest BCUT2D eigenvalue weighted by Gasteiger charge is 2.36. The second-order valence-electron chi connectivity index (χ2n) is 7.34. The first-order valence-corrected chi connectivity index (χ1v) is 10.3. The molecule has 2 heterocycles. The summed E-state index contributed by atoms with van der Waals surface area (Å²) in [6.45, 7) is 1.45. The molecule has 0 unspecified atom stereocenters. The Hall–Kier alpha value is -4.05. The van der Waals surface area contributed by atoms with Crippen molar-refractivity contribution in [3.63, 3.8) is 0 Å². The lowest BCUT2D eigenvalue weighted by molar-refractivity contribution is -0.137. The molecule has 0 saturated carbocycles. The Labute approximate surface area is 196 Å². The monoisotopic (exact) mass is 484 g/mol. The number of hydrogen-bond acceptors (Lipinski definition) is 5. The molecule has 0 atom stereocenters. The molecule has 1 aliphatic heterocycles. The van der Waals surface area contributed by atoms with Gasteiger partial charge in [0.25, 0.3) is 11.8 Å². The number of halogens is 3. The fourth-order valence-corrected chi connectivity index (χ4v) is 3.59. The van der Waals surface area contributed by atoms with Crippen molar-refractivity contribution < 1.29 is 32.0 Å². The summed E-state index contributed by atoms with van der Waals surface area (Å²) in [5.74, 6) is -1.18. The number of carbonyl (C=O) groups is 3. The van der Waals surface area contributed by atoms with Gasteiger partial charge in [0.15, 0.2) is 10.9 Å². The standard InChI is InChI=1S/C24H15F3N2O4S/c1-13(30)14-5-7-15(8-6-14)20-10-9-18(33-20)12-19-21(31)28-23(34)29(22(19)32)17-4-2-3-16(11-17)24(25,26)27/h2-12H,1H3,(H,28,31,34)/b19-12+. The molecule has 4 rings (SSSR count). The van der Waals surface area contributed by atoms with E-state index in [0.29, 0.717) is 16.9 Å². The Bertz CT molecular complexity index is 1360. The number of carbonyl (C=O) groups excluding carboxylic acids is 3. The molecule has 1 fully saturated rings. The van der Waals surface area contributed by atoms with Crippen LogP contribution in [-0.4, -0.2) is 22.7 Å². The first-order chi connectivity index (χ1) is 16.0. The highest BCUT2D eigenvalue weighted by atomic mass is 32.1. The Kier molecular flexibility index (Phi) is 5.92. The number of benzene rings is 2. The van der Waals surface area contributed by atoms with Gasteiger partial charge in [-0.05, 0) is 55.5 Å². The van der Waals surface area contributed by atoms with E-state index in [1.54, 1.807) is 30.3 Å². The summed E-state index contributed by atoms with van der Waals surface area (Å²) in [5.41, 5.74) is -0.261. The van der Waals surface area contributed by atoms with Crippen LogP contribution in [0.2, 0.25) is 0 Å². The summed E-state index contributed by atoms with van der Waals surface area (Å²) >= 11 is 5.03. The van der Waals surface area contributed by atoms with Gasteiger partial charge in [0, 0.05) is 11.1 Å². The third kappa shape index (κ3) is 4.53. The molecule has 10 heteroatoms. The minimum absolute atomic E-state index is 0.0820. The van der Waals surface area contributed by atoms with Crippen LogP contribution in [0.3, 0.4) is 0 Å². The van der Waals surface area contributed by atoms with E-state index < -0.39 is 23.6 Å². The third-order valence-electron chi connectivity index (χ3n) is 5.02. The Morgan fingerprint density at radius 1 is 1.06 bits per heavy atom. The zero-order valence-corrected chi connectivity index (χ0v) is 18.3. The highest BCUT2D eigenvalue weighted by molar-refractivity contribution is 7.80. The van der Waals surface area contributed by atoms with Crippen molar-refractivity contribution in [1.82, 2.24) is 5.32 Å². The summed E-state index contributed by atoms with van der Waals surface area (Å²) in [7, 11) is 0. The molecule has 2 amide bonds. The molecule has 34 heavy (non-hydrogen) atoms. The van der Waals surface area contributed by atoms with Crippen LogP contribution >= 0.6 is 12.2 Å². The maximum absolute atomic E-state index is 13.1. The molecule has 3 aromatic rings. The van der Waals surface area contributed by atoms with Gasteiger partial charge in [0.05, 0.1) is 11.3 Å². The SMILES string of the molecule is CC(=O)c1ccc(-c2ccc(/C=C3\C(=O)NC(=S)N(c4cccc(C(F)(F)F)c4)C3=O)o2)cc1. The lowest BCUT2D eigenvalue weighted by Gasteiger charge is -2.29. The van der Waals surface area contributed by atoms with Crippen molar-refractivity contribution in [2.24, 2.45) is 0 Å². The third-order valence-corrected chi connectivity index (χ3v) is 5.31. The van der Waals surface area contributed by atoms with Gasteiger partial charge in [-0.15, -0.1) is 0 Å². The number of Topliss-reactive ketones (excluding diaryl/α,β-unsaturated/α-hetero) is 1. The number of alkyl halides is 3. The van der Waals surface area contributed by atoms with E-state index in [4.69, 9.17) is 16.6 Å². The van der Waals surface area contributed by atoms with Crippen molar-refractivity contribution in [3.8, 4) is 11.3 Å². The van der Waals surface area contributed by atoms with E-state index in [0.717, 1.165) is 23.1 Å². The van der Waals surface area contributed by atoms with Crippen LogP contribution < -0.4 is 10.2 Å². The number of ketones is 1. The molecule has 1 N–H and O–H groups in total. The van der Waals surface area contributed by atoms with Gasteiger partial charge in [-0.25, -0.2) is 0 Å². The average Bonchev–Trinajstić information content (AvgIpc) is 3.25. The maximum atomic E-state index is 13.1. The molecule has 172 valence electrons. The second-order valence-corrected chi connectivity index (χ2v) is 7.73. The lowest BCUT2D eigenvalue weighted by atomic mass is 10.1. The van der Waals surface area contributed by atoms with Gasteiger partial charge in [0.1, 0.15) is 17.1 Å². The summed E-state index contributed by atoms with van der Waals surface area (Å²) in [6.07, 6.45) is -3.43. The number of nitrogens with zero attached hydrogens (tertiary/aromatic N) is 1. The van der Waals surface area contributed by atoms with Gasteiger partial charge in [-0.3, -0.25) is 24.6 Å². The number of hydrogen-bond donors (Lipinski definition) is 1. The molecule has 1 aliphatic rings. The van der Waals surface area contributed by atoms with Crippen molar-refractivity contribution in [3.05, 3.63) is 83.1 Å². The molecule has 1 saturated heterocycles. The van der Waals surface area contributed by atoms with Crippen LogP contribution in [0.1, 0.15) is 28.6 Å². The van der Waals surface area contributed by atoms with E-state index in [1.165, 1.54) is 25.1 Å². The minimum Gasteiger partial charge on any atom is -0.457 e. The summed E-state index contributed by atoms with van der Waals surface area (Å²) in [6, 6.07) is 13.9. The molecule has 1 aromatic heterocycles. The van der Waals surface area contributed by atoms with Crippen LogP contribution in [0.5, 0.6) is 0 Å². The zero-order valence-electron chi connectivity index (χ0n) is 17.5. The van der Waals surface area contributed by atoms with E-state index in [1.807, 2.05) is 0 Å². The van der Waals surface area contributed by atoms with E-state index in [9.17, 15) is 27.6 Å². The molecule has 0 spiro atoms.